The molecule has 0 fully saturated rings. The smallest absolute Gasteiger partial charge is 0.277 e. The Morgan fingerprint density at radius 2 is 1.81 bits per heavy atom. The van der Waals surface area contributed by atoms with Crippen LogP contribution in [0.1, 0.15) is 0 Å². The Morgan fingerprint density at radius 3 is 2.29 bits per heavy atom. The van der Waals surface area contributed by atoms with Crippen LogP contribution in [0.5, 0.6) is 0 Å². The number of halogens is 5. The lowest BCUT2D eigenvalue weighted by Crippen LogP contribution is -2.30. The molecule has 0 spiro atoms. The summed E-state index contributed by atoms with van der Waals surface area (Å²) in [6, 6.07) is -0.0690. The van der Waals surface area contributed by atoms with Crippen molar-refractivity contribution < 1.29 is 40.1 Å². The van der Waals surface area contributed by atoms with Gasteiger partial charge in [-0.1, -0.05) is 4.89 Å². The highest BCUT2D eigenvalue weighted by atomic mass is 32.2. The third kappa shape index (κ3) is 4.57. The summed E-state index contributed by atoms with van der Waals surface area (Å²) >= 11 is 0. The lowest BCUT2D eigenvalue weighted by atomic mass is 10.3. The predicted octanol–water partition coefficient (Wildman–Crippen LogP) is 1.65. The molecule has 1 aromatic carbocycles. The zero-order valence-electron chi connectivity index (χ0n) is 9.65. The lowest BCUT2D eigenvalue weighted by molar-refractivity contribution is -0.387. The van der Waals surface area contributed by atoms with Crippen molar-refractivity contribution in [1.82, 2.24) is 4.89 Å². The summed E-state index contributed by atoms with van der Waals surface area (Å²) in [5, 5.41) is 10.4. The number of hydrogen-bond acceptors (Lipinski definition) is 5. The van der Waals surface area contributed by atoms with Gasteiger partial charge in [0, 0.05) is 12.1 Å². The summed E-state index contributed by atoms with van der Waals surface area (Å²) in [6.07, 6.45) is -4.87. The molecule has 118 valence electrons. The first-order chi connectivity index (χ1) is 9.44. The van der Waals surface area contributed by atoms with E-state index in [0.717, 1.165) is 4.89 Å². The summed E-state index contributed by atoms with van der Waals surface area (Å²) in [5.41, 5.74) is -1.37. The standard InChI is InChI=1S/C8H5F5N2O5S/c9-4-1-5(10)7(2-6(4)15(16)17)21(18,19)14-20-3-8(11,12)13/h1-2,14H,3H2. The number of benzene rings is 1. The molecule has 0 aliphatic rings. The maximum atomic E-state index is 13.3. The van der Waals surface area contributed by atoms with Gasteiger partial charge in [-0.25, -0.2) is 12.8 Å². The number of nitrogens with zero attached hydrogens (tertiary/aromatic N) is 1. The second kappa shape index (κ2) is 5.87. The Morgan fingerprint density at radius 1 is 1.24 bits per heavy atom. The van der Waals surface area contributed by atoms with E-state index in [1.807, 2.05) is 0 Å². The first kappa shape index (κ1) is 17.2. The monoisotopic (exact) mass is 336 g/mol. The van der Waals surface area contributed by atoms with E-state index in [1.54, 1.807) is 0 Å². The van der Waals surface area contributed by atoms with Gasteiger partial charge in [-0.15, -0.1) is 0 Å². The third-order valence-electron chi connectivity index (χ3n) is 1.89. The number of alkyl halides is 3. The zero-order valence-corrected chi connectivity index (χ0v) is 10.5. The molecule has 0 aliphatic heterocycles. The first-order valence-corrected chi connectivity index (χ1v) is 6.26. The van der Waals surface area contributed by atoms with Crippen LogP contribution in [0.15, 0.2) is 17.0 Å². The van der Waals surface area contributed by atoms with Gasteiger partial charge in [0.15, 0.2) is 6.61 Å². The van der Waals surface area contributed by atoms with Crippen LogP contribution in [0.3, 0.4) is 0 Å². The van der Waals surface area contributed by atoms with Crippen LogP contribution in [0.2, 0.25) is 0 Å². The van der Waals surface area contributed by atoms with E-state index in [0.29, 0.717) is 0 Å². The zero-order chi connectivity index (χ0) is 16.4. The fourth-order valence-electron chi connectivity index (χ4n) is 1.10. The van der Waals surface area contributed by atoms with Crippen molar-refractivity contribution in [3.8, 4) is 0 Å². The van der Waals surface area contributed by atoms with Crippen molar-refractivity contribution in [3.63, 3.8) is 0 Å². The SMILES string of the molecule is O=[N+]([O-])c1cc(S(=O)(=O)NOCC(F)(F)F)c(F)cc1F. The Bertz CT molecular complexity index is 660. The van der Waals surface area contributed by atoms with Gasteiger partial charge in [0.2, 0.25) is 5.82 Å². The molecule has 1 N–H and O–H groups in total. The minimum Gasteiger partial charge on any atom is -0.277 e. The molecule has 1 aromatic rings. The second-order valence-corrected chi connectivity index (χ2v) is 5.10. The van der Waals surface area contributed by atoms with Gasteiger partial charge < -0.3 is 0 Å². The number of nitrogens with one attached hydrogen (secondary N) is 1. The summed E-state index contributed by atoms with van der Waals surface area (Å²) in [4.78, 5) is 12.2. The Labute approximate surface area is 113 Å². The number of nitro groups is 1. The second-order valence-electron chi connectivity index (χ2n) is 3.48. The van der Waals surface area contributed by atoms with Crippen molar-refractivity contribution in [2.24, 2.45) is 0 Å². The topological polar surface area (TPSA) is 98.5 Å². The van der Waals surface area contributed by atoms with Crippen molar-refractivity contribution in [2.75, 3.05) is 6.61 Å². The molecule has 0 aliphatic carbocycles. The Balaban J connectivity index is 3.08. The van der Waals surface area contributed by atoms with Crippen LogP contribution < -0.4 is 4.89 Å². The normalized spacial score (nSPS) is 12.4. The van der Waals surface area contributed by atoms with Crippen molar-refractivity contribution >= 4 is 15.7 Å². The van der Waals surface area contributed by atoms with E-state index in [-0.39, 0.29) is 12.1 Å². The fourth-order valence-corrected chi connectivity index (χ4v) is 1.98. The largest absolute Gasteiger partial charge is 0.413 e. The summed E-state index contributed by atoms with van der Waals surface area (Å²) in [7, 11) is -5.00. The van der Waals surface area contributed by atoms with Gasteiger partial charge in [0.05, 0.1) is 4.92 Å². The van der Waals surface area contributed by atoms with Crippen LogP contribution in [0.4, 0.5) is 27.6 Å². The van der Waals surface area contributed by atoms with Crippen LogP contribution in [0.25, 0.3) is 0 Å². The molecule has 7 nitrogen and oxygen atoms in total. The number of sulfonamides is 1. The predicted molar refractivity (Wildman–Crippen MR) is 55.3 cm³/mol. The lowest BCUT2D eigenvalue weighted by Gasteiger charge is -2.09. The van der Waals surface area contributed by atoms with Gasteiger partial charge in [-0.3, -0.25) is 15.0 Å². The highest BCUT2D eigenvalue weighted by molar-refractivity contribution is 7.89. The number of nitro benzene ring substituents is 1. The molecular weight excluding hydrogens is 331 g/mol. The molecule has 0 atom stereocenters. The van der Waals surface area contributed by atoms with Crippen LogP contribution >= 0.6 is 0 Å². The van der Waals surface area contributed by atoms with E-state index in [9.17, 15) is 40.5 Å². The average Bonchev–Trinajstić information content (AvgIpc) is 2.25. The highest BCUT2D eigenvalue weighted by Gasteiger charge is 2.31. The molecule has 0 saturated heterocycles. The van der Waals surface area contributed by atoms with Crippen LogP contribution in [0, 0.1) is 21.7 Å². The summed E-state index contributed by atoms with van der Waals surface area (Å²) in [6.45, 7) is -2.02. The molecule has 0 radical (unpaired) electrons. The third-order valence-corrected chi connectivity index (χ3v) is 3.12. The molecule has 0 saturated carbocycles. The minimum absolute atomic E-state index is 0.0178. The molecule has 1 rings (SSSR count). The maximum Gasteiger partial charge on any atom is 0.413 e. The molecule has 0 bridgehead atoms. The molecule has 0 amide bonds. The van der Waals surface area contributed by atoms with E-state index in [2.05, 4.69) is 4.84 Å². The molecule has 0 heterocycles. The Hall–Kier alpha value is -1.86. The molecule has 21 heavy (non-hydrogen) atoms. The van der Waals surface area contributed by atoms with E-state index >= 15 is 0 Å². The summed E-state index contributed by atoms with van der Waals surface area (Å²) in [5.74, 6) is -3.38. The average molecular weight is 336 g/mol. The van der Waals surface area contributed by atoms with E-state index in [1.165, 1.54) is 0 Å². The quantitative estimate of drug-likeness (QED) is 0.501. The fraction of sp³-hybridized carbons (Fsp3) is 0.250. The molecule has 0 unspecified atom stereocenters. The number of hydrogen-bond donors (Lipinski definition) is 1. The first-order valence-electron chi connectivity index (χ1n) is 4.78. The van der Waals surface area contributed by atoms with Crippen LogP contribution in [-0.2, 0) is 14.9 Å². The Kier molecular flexibility index (Phi) is 4.80. The highest BCUT2D eigenvalue weighted by Crippen LogP contribution is 2.24. The maximum absolute atomic E-state index is 13.3. The minimum atomic E-state index is -5.00. The van der Waals surface area contributed by atoms with Crippen molar-refractivity contribution in [3.05, 3.63) is 33.9 Å². The summed E-state index contributed by atoms with van der Waals surface area (Å²) < 4.78 is 84.5. The van der Waals surface area contributed by atoms with Gasteiger partial charge >= 0.3 is 11.9 Å². The molecular formula is C8H5F5N2O5S. The van der Waals surface area contributed by atoms with E-state index < -0.39 is 49.9 Å². The van der Waals surface area contributed by atoms with Gasteiger partial charge in [0.25, 0.3) is 10.0 Å². The van der Waals surface area contributed by atoms with Crippen LogP contribution in [-0.4, -0.2) is 26.1 Å². The van der Waals surface area contributed by atoms with Crippen molar-refractivity contribution in [2.45, 2.75) is 11.1 Å². The van der Waals surface area contributed by atoms with E-state index in [4.69, 9.17) is 0 Å². The van der Waals surface area contributed by atoms with Gasteiger partial charge in [-0.05, 0) is 0 Å². The number of rotatable bonds is 5. The molecule has 13 heteroatoms. The van der Waals surface area contributed by atoms with Crippen molar-refractivity contribution in [1.29, 1.82) is 0 Å². The van der Waals surface area contributed by atoms with Gasteiger partial charge in [0.1, 0.15) is 10.7 Å². The van der Waals surface area contributed by atoms with Gasteiger partial charge in [-0.2, -0.15) is 17.6 Å². The molecule has 0 aromatic heterocycles.